The molecule has 0 aliphatic heterocycles. The van der Waals surface area contributed by atoms with Crippen LogP contribution >= 0.6 is 15.9 Å². The number of hydrogen-bond acceptors (Lipinski definition) is 1. The lowest BCUT2D eigenvalue weighted by Gasteiger charge is -2.08. The molecule has 1 aromatic rings. The third kappa shape index (κ3) is 1.36. The number of aryl methyl sites for hydroxylation is 1. The molecule has 56 valence electrons. The van der Waals surface area contributed by atoms with Crippen LogP contribution in [0.4, 0.5) is 0 Å². The molecule has 1 aliphatic carbocycles. The summed E-state index contributed by atoms with van der Waals surface area (Å²) in [6, 6.07) is 2.14. The van der Waals surface area contributed by atoms with Gasteiger partial charge in [-0.25, -0.2) is 0 Å². The van der Waals surface area contributed by atoms with Gasteiger partial charge >= 0.3 is 0 Å². The molecule has 0 fully saturated rings. The van der Waals surface area contributed by atoms with E-state index in [-0.39, 0.29) is 0 Å². The van der Waals surface area contributed by atoms with Crippen LogP contribution in [0.3, 0.4) is 0 Å². The Bertz CT molecular complexity index is 304. The first-order valence-electron chi connectivity index (χ1n) is 3.67. The van der Waals surface area contributed by atoms with E-state index in [0.29, 0.717) is 0 Å². The summed E-state index contributed by atoms with van der Waals surface area (Å²) in [7, 11) is 0. The predicted octanol–water partition coefficient (Wildman–Crippen LogP) is 2.80. The van der Waals surface area contributed by atoms with Crippen LogP contribution < -0.4 is 0 Å². The summed E-state index contributed by atoms with van der Waals surface area (Å²) in [4.78, 5) is 4.29. The highest BCUT2D eigenvalue weighted by atomic mass is 79.9. The molecule has 0 N–H and O–H groups in total. The van der Waals surface area contributed by atoms with Gasteiger partial charge in [0.05, 0.1) is 5.69 Å². The van der Waals surface area contributed by atoms with E-state index in [2.05, 4.69) is 39.1 Å². The summed E-state index contributed by atoms with van der Waals surface area (Å²) >= 11 is 3.40. The normalized spacial score (nSPS) is 14.6. The molecule has 11 heavy (non-hydrogen) atoms. The minimum Gasteiger partial charge on any atom is -0.255 e. The molecule has 1 nitrogen and oxygen atoms in total. The van der Waals surface area contributed by atoms with Crippen molar-refractivity contribution in [2.24, 2.45) is 0 Å². The molecular formula is C9H8BrN. The van der Waals surface area contributed by atoms with Crippen molar-refractivity contribution in [1.82, 2.24) is 4.98 Å². The van der Waals surface area contributed by atoms with Crippen LogP contribution in [0.5, 0.6) is 0 Å². The van der Waals surface area contributed by atoms with Gasteiger partial charge in [0.25, 0.3) is 0 Å². The minimum absolute atomic E-state index is 1.08. The third-order valence-electron chi connectivity index (χ3n) is 1.82. The van der Waals surface area contributed by atoms with E-state index in [9.17, 15) is 0 Å². The van der Waals surface area contributed by atoms with Crippen molar-refractivity contribution in [2.45, 2.75) is 12.8 Å². The Morgan fingerprint density at radius 3 is 3.27 bits per heavy atom. The monoisotopic (exact) mass is 209 g/mol. The molecule has 1 aliphatic rings. The van der Waals surface area contributed by atoms with Gasteiger partial charge in [-0.05, 0) is 46.5 Å². The van der Waals surface area contributed by atoms with E-state index in [1.165, 1.54) is 5.56 Å². The van der Waals surface area contributed by atoms with Gasteiger partial charge < -0.3 is 0 Å². The van der Waals surface area contributed by atoms with Gasteiger partial charge in [-0.3, -0.25) is 4.98 Å². The van der Waals surface area contributed by atoms with Crippen LogP contribution in [0.1, 0.15) is 17.7 Å². The Hall–Kier alpha value is -0.630. The molecule has 2 heteroatoms. The van der Waals surface area contributed by atoms with Gasteiger partial charge in [-0.1, -0.05) is 6.08 Å². The molecular weight excluding hydrogens is 202 g/mol. The van der Waals surface area contributed by atoms with Crippen LogP contribution in [-0.4, -0.2) is 4.98 Å². The van der Waals surface area contributed by atoms with Crippen molar-refractivity contribution in [2.75, 3.05) is 0 Å². The highest BCUT2D eigenvalue weighted by Crippen LogP contribution is 2.20. The van der Waals surface area contributed by atoms with E-state index < -0.39 is 0 Å². The lowest BCUT2D eigenvalue weighted by molar-refractivity contribution is 0.961. The van der Waals surface area contributed by atoms with E-state index >= 15 is 0 Å². The first-order chi connectivity index (χ1) is 5.36. The molecule has 1 aromatic heterocycles. The fraction of sp³-hybridized carbons (Fsp3) is 0.222. The third-order valence-corrected chi connectivity index (χ3v) is 2.26. The Labute approximate surface area is 74.3 Å². The van der Waals surface area contributed by atoms with E-state index in [1.807, 2.05) is 6.20 Å². The zero-order valence-electron chi connectivity index (χ0n) is 6.05. The van der Waals surface area contributed by atoms with Gasteiger partial charge in [0, 0.05) is 10.7 Å². The maximum atomic E-state index is 4.29. The summed E-state index contributed by atoms with van der Waals surface area (Å²) in [5.41, 5.74) is 2.47. The Kier molecular flexibility index (Phi) is 1.78. The maximum absolute atomic E-state index is 4.29. The van der Waals surface area contributed by atoms with Crippen molar-refractivity contribution in [3.63, 3.8) is 0 Å². The Morgan fingerprint density at radius 1 is 1.45 bits per heavy atom. The first kappa shape index (κ1) is 7.04. The summed E-state index contributed by atoms with van der Waals surface area (Å²) < 4.78 is 1.08. The fourth-order valence-electron chi connectivity index (χ4n) is 1.28. The minimum atomic E-state index is 1.08. The van der Waals surface area contributed by atoms with Crippen LogP contribution in [0, 0.1) is 0 Å². The Morgan fingerprint density at radius 2 is 2.36 bits per heavy atom. The molecule has 0 unspecified atom stereocenters. The molecule has 0 saturated heterocycles. The largest absolute Gasteiger partial charge is 0.255 e. The lowest BCUT2D eigenvalue weighted by atomic mass is 10.0. The molecule has 0 radical (unpaired) electrons. The number of nitrogens with zero attached hydrogens (tertiary/aromatic N) is 1. The summed E-state index contributed by atoms with van der Waals surface area (Å²) in [6.45, 7) is 0. The Balaban J connectivity index is 2.53. The molecule has 0 spiro atoms. The number of aromatic nitrogens is 1. The summed E-state index contributed by atoms with van der Waals surface area (Å²) in [5, 5.41) is 0. The topological polar surface area (TPSA) is 12.9 Å². The zero-order chi connectivity index (χ0) is 7.68. The second kappa shape index (κ2) is 2.78. The number of allylic oxidation sites excluding steroid dienone is 1. The second-order valence-electron chi connectivity index (χ2n) is 2.64. The van der Waals surface area contributed by atoms with Gasteiger partial charge in [-0.15, -0.1) is 0 Å². The van der Waals surface area contributed by atoms with Crippen molar-refractivity contribution in [1.29, 1.82) is 0 Å². The molecule has 2 rings (SSSR count). The van der Waals surface area contributed by atoms with E-state index in [0.717, 1.165) is 23.0 Å². The molecule has 0 atom stereocenters. The summed E-state index contributed by atoms with van der Waals surface area (Å²) in [6.07, 6.45) is 8.37. The number of halogens is 1. The van der Waals surface area contributed by atoms with Crippen LogP contribution in [0.15, 0.2) is 22.8 Å². The van der Waals surface area contributed by atoms with Crippen LogP contribution in [0.25, 0.3) is 6.08 Å². The van der Waals surface area contributed by atoms with E-state index in [4.69, 9.17) is 0 Å². The predicted molar refractivity (Wildman–Crippen MR) is 49.3 cm³/mol. The number of pyridine rings is 1. The molecule has 0 aromatic carbocycles. The SMILES string of the molecule is Brc1cnc2c(c1)CCC=C2. The van der Waals surface area contributed by atoms with Crippen molar-refractivity contribution in [3.8, 4) is 0 Å². The second-order valence-corrected chi connectivity index (χ2v) is 3.55. The average Bonchev–Trinajstić information content (AvgIpc) is 2.04. The highest BCUT2D eigenvalue weighted by molar-refractivity contribution is 9.10. The molecule has 0 saturated carbocycles. The molecule has 0 amide bonds. The van der Waals surface area contributed by atoms with Gasteiger partial charge in [0.1, 0.15) is 0 Å². The van der Waals surface area contributed by atoms with Gasteiger partial charge in [-0.2, -0.15) is 0 Å². The number of rotatable bonds is 0. The highest BCUT2D eigenvalue weighted by Gasteiger charge is 2.04. The standard InChI is InChI=1S/C9H8BrN/c10-8-5-7-3-1-2-4-9(7)11-6-8/h2,4-6H,1,3H2. The summed E-state index contributed by atoms with van der Waals surface area (Å²) in [5.74, 6) is 0. The maximum Gasteiger partial charge on any atom is 0.0659 e. The van der Waals surface area contributed by atoms with E-state index in [1.54, 1.807) is 0 Å². The van der Waals surface area contributed by atoms with Crippen molar-refractivity contribution in [3.05, 3.63) is 34.1 Å². The molecule has 0 bridgehead atoms. The molecule has 1 heterocycles. The number of hydrogen-bond donors (Lipinski definition) is 0. The smallest absolute Gasteiger partial charge is 0.0659 e. The van der Waals surface area contributed by atoms with Crippen LogP contribution in [0.2, 0.25) is 0 Å². The average molecular weight is 210 g/mol. The first-order valence-corrected chi connectivity index (χ1v) is 4.46. The van der Waals surface area contributed by atoms with Crippen LogP contribution in [-0.2, 0) is 6.42 Å². The van der Waals surface area contributed by atoms with Gasteiger partial charge in [0.15, 0.2) is 0 Å². The van der Waals surface area contributed by atoms with Crippen molar-refractivity contribution < 1.29 is 0 Å². The quantitative estimate of drug-likeness (QED) is 0.641. The van der Waals surface area contributed by atoms with Crippen molar-refractivity contribution >= 4 is 22.0 Å². The number of fused-ring (bicyclic) bond motifs is 1. The van der Waals surface area contributed by atoms with Gasteiger partial charge in [0.2, 0.25) is 0 Å². The zero-order valence-corrected chi connectivity index (χ0v) is 7.63. The lowest BCUT2D eigenvalue weighted by Crippen LogP contribution is -1.96. The fourth-order valence-corrected chi connectivity index (χ4v) is 1.65.